The maximum atomic E-state index is 10.9. The van der Waals surface area contributed by atoms with Gasteiger partial charge in [0.15, 0.2) is 0 Å². The Bertz CT molecular complexity index is 353. The normalized spacial score (nSPS) is 11.8. The van der Waals surface area contributed by atoms with Crippen molar-refractivity contribution in [1.82, 2.24) is 0 Å². The number of rotatable bonds is 3. The number of amides is 1. The van der Waals surface area contributed by atoms with E-state index in [1.54, 1.807) is 12.1 Å². The smallest absolute Gasteiger partial charge is 0.418 e. The Kier molecular flexibility index (Phi) is 3.80. The van der Waals surface area contributed by atoms with Gasteiger partial charge in [-0.25, -0.2) is 9.36 Å². The van der Waals surface area contributed by atoms with Crippen LogP contribution in [-0.2, 0) is 9.09 Å². The molecule has 0 spiro atoms. The summed E-state index contributed by atoms with van der Waals surface area (Å²) in [6, 6.07) is 6.09. The molecular weight excluding hydrogens is 229 g/mol. The number of carbonyl (C=O) groups excluding carboxylic acids is 1. The number of halogens is 1. The van der Waals surface area contributed by atoms with Gasteiger partial charge in [0.2, 0.25) is 0 Å². The molecule has 7 heteroatoms. The fourth-order valence-electron chi connectivity index (χ4n) is 0.702. The molecule has 0 saturated carbocycles. The van der Waals surface area contributed by atoms with Crippen molar-refractivity contribution < 1.29 is 18.4 Å². The minimum absolute atomic E-state index is 0.291. The zero-order chi connectivity index (χ0) is 10.6. The molecule has 0 saturated heterocycles. The number of primary amides is 1. The molecule has 0 bridgehead atoms. The van der Waals surface area contributed by atoms with Crippen LogP contribution in [0.25, 0.3) is 0 Å². The van der Waals surface area contributed by atoms with Gasteiger partial charge in [-0.3, -0.25) is 0 Å². The Morgan fingerprint density at radius 1 is 1.36 bits per heavy atom. The average molecular weight is 236 g/mol. The standard InChI is InChI=1S/C7H7ClNO4P/c8-5-1-3-6(4-2-5)12-14(11)13-7(9)10/h1-4,14H,(H2,9,10). The molecule has 0 aliphatic carbocycles. The average Bonchev–Trinajstić information content (AvgIpc) is 2.07. The van der Waals surface area contributed by atoms with Crippen LogP contribution in [0.3, 0.4) is 0 Å². The van der Waals surface area contributed by atoms with Crippen molar-refractivity contribution in [3.63, 3.8) is 0 Å². The summed E-state index contributed by atoms with van der Waals surface area (Å²) in [6.07, 6.45) is -1.14. The first kappa shape index (κ1) is 10.9. The summed E-state index contributed by atoms with van der Waals surface area (Å²) < 4.78 is 19.8. The topological polar surface area (TPSA) is 78.6 Å². The molecule has 1 unspecified atom stereocenters. The highest BCUT2D eigenvalue weighted by atomic mass is 35.5. The molecule has 0 radical (unpaired) electrons. The van der Waals surface area contributed by atoms with Crippen molar-refractivity contribution in [2.75, 3.05) is 0 Å². The van der Waals surface area contributed by atoms with Crippen LogP contribution in [0.5, 0.6) is 5.75 Å². The van der Waals surface area contributed by atoms with Crippen molar-refractivity contribution in [2.45, 2.75) is 0 Å². The van der Waals surface area contributed by atoms with E-state index in [0.29, 0.717) is 10.8 Å². The molecular formula is C7H7ClNO4P. The molecule has 1 aromatic rings. The molecule has 1 atom stereocenters. The quantitative estimate of drug-likeness (QED) is 0.815. The minimum atomic E-state index is -2.92. The molecule has 1 amide bonds. The second-order valence-electron chi connectivity index (χ2n) is 2.23. The second kappa shape index (κ2) is 4.88. The monoisotopic (exact) mass is 235 g/mol. The molecule has 0 aromatic heterocycles. The first-order valence-corrected chi connectivity index (χ1v) is 5.13. The molecule has 0 heterocycles. The van der Waals surface area contributed by atoms with Gasteiger partial charge in [0.25, 0.3) is 0 Å². The van der Waals surface area contributed by atoms with Crippen molar-refractivity contribution in [3.8, 4) is 5.75 Å². The zero-order valence-corrected chi connectivity index (χ0v) is 8.65. The Morgan fingerprint density at radius 3 is 2.43 bits per heavy atom. The number of benzene rings is 1. The number of hydrogen-bond donors (Lipinski definition) is 1. The van der Waals surface area contributed by atoms with E-state index in [1.807, 2.05) is 0 Å². The molecule has 0 aliphatic heterocycles. The van der Waals surface area contributed by atoms with Gasteiger partial charge in [0.1, 0.15) is 5.75 Å². The van der Waals surface area contributed by atoms with E-state index < -0.39 is 14.3 Å². The van der Waals surface area contributed by atoms with Crippen LogP contribution in [0.2, 0.25) is 5.02 Å². The lowest BCUT2D eigenvalue weighted by atomic mass is 10.3. The van der Waals surface area contributed by atoms with E-state index in [9.17, 15) is 9.36 Å². The van der Waals surface area contributed by atoms with Gasteiger partial charge in [-0.2, -0.15) is 0 Å². The van der Waals surface area contributed by atoms with Crippen molar-refractivity contribution >= 4 is 25.9 Å². The van der Waals surface area contributed by atoms with Crippen LogP contribution in [-0.4, -0.2) is 6.09 Å². The highest BCUT2D eigenvalue weighted by Gasteiger charge is 2.05. The molecule has 14 heavy (non-hydrogen) atoms. The van der Waals surface area contributed by atoms with E-state index in [1.165, 1.54) is 12.1 Å². The van der Waals surface area contributed by atoms with Gasteiger partial charge >= 0.3 is 14.3 Å². The maximum absolute atomic E-state index is 10.9. The largest absolute Gasteiger partial charge is 0.422 e. The maximum Gasteiger partial charge on any atom is 0.422 e. The molecule has 1 rings (SSSR count). The highest BCUT2D eigenvalue weighted by molar-refractivity contribution is 7.34. The van der Waals surface area contributed by atoms with Crippen LogP contribution in [0, 0.1) is 0 Å². The lowest BCUT2D eigenvalue weighted by molar-refractivity contribution is 0.208. The lowest BCUT2D eigenvalue weighted by Crippen LogP contribution is -2.09. The third kappa shape index (κ3) is 3.68. The van der Waals surface area contributed by atoms with E-state index in [0.717, 1.165) is 0 Å². The minimum Gasteiger partial charge on any atom is -0.418 e. The van der Waals surface area contributed by atoms with Crippen LogP contribution < -0.4 is 10.3 Å². The van der Waals surface area contributed by atoms with Crippen LogP contribution in [0.4, 0.5) is 4.79 Å². The van der Waals surface area contributed by atoms with Gasteiger partial charge in [-0.15, -0.1) is 0 Å². The number of hydrogen-bond acceptors (Lipinski definition) is 4. The molecule has 0 aliphatic rings. The fraction of sp³-hybridized carbons (Fsp3) is 0. The summed E-state index contributed by atoms with van der Waals surface area (Å²) in [5.41, 5.74) is 4.63. The predicted octanol–water partition coefficient (Wildman–Crippen LogP) is 2.20. The molecule has 76 valence electrons. The van der Waals surface area contributed by atoms with Gasteiger partial charge in [-0.1, -0.05) is 11.6 Å². The first-order chi connectivity index (χ1) is 6.58. The molecule has 0 fully saturated rings. The van der Waals surface area contributed by atoms with Gasteiger partial charge in [0, 0.05) is 5.02 Å². The first-order valence-electron chi connectivity index (χ1n) is 3.52. The highest BCUT2D eigenvalue weighted by Crippen LogP contribution is 2.28. The Balaban J connectivity index is 2.56. The SMILES string of the molecule is NC(=O)O[PH](=O)Oc1ccc(Cl)cc1. The van der Waals surface area contributed by atoms with Gasteiger partial charge in [0.05, 0.1) is 0 Å². The van der Waals surface area contributed by atoms with Gasteiger partial charge < -0.3 is 14.8 Å². The van der Waals surface area contributed by atoms with Crippen molar-refractivity contribution in [3.05, 3.63) is 29.3 Å². The Labute approximate surface area is 85.7 Å². The summed E-state index contributed by atoms with van der Waals surface area (Å²) >= 11 is 5.60. The van der Waals surface area contributed by atoms with Crippen LogP contribution >= 0.6 is 19.9 Å². The second-order valence-corrected chi connectivity index (χ2v) is 3.57. The summed E-state index contributed by atoms with van der Waals surface area (Å²) in [7, 11) is -2.92. The number of carbonyl (C=O) groups is 1. The third-order valence-electron chi connectivity index (χ3n) is 1.20. The van der Waals surface area contributed by atoms with Crippen LogP contribution in [0.15, 0.2) is 24.3 Å². The van der Waals surface area contributed by atoms with Crippen molar-refractivity contribution in [1.29, 1.82) is 0 Å². The molecule has 2 N–H and O–H groups in total. The summed E-state index contributed by atoms with van der Waals surface area (Å²) in [5, 5.41) is 0.521. The Hall–Kier alpha value is -1.19. The van der Waals surface area contributed by atoms with Gasteiger partial charge in [-0.05, 0) is 24.3 Å². The molecule has 1 aromatic carbocycles. The fourth-order valence-corrected chi connectivity index (χ4v) is 1.36. The Morgan fingerprint density at radius 2 is 1.93 bits per heavy atom. The van der Waals surface area contributed by atoms with Crippen LogP contribution in [0.1, 0.15) is 0 Å². The van der Waals surface area contributed by atoms with Crippen molar-refractivity contribution in [2.24, 2.45) is 5.73 Å². The lowest BCUT2D eigenvalue weighted by Gasteiger charge is -2.04. The van der Waals surface area contributed by atoms with E-state index in [4.69, 9.17) is 16.1 Å². The number of nitrogens with two attached hydrogens (primary N) is 1. The van der Waals surface area contributed by atoms with E-state index in [-0.39, 0.29) is 0 Å². The predicted molar refractivity (Wildman–Crippen MR) is 51.7 cm³/mol. The summed E-state index contributed by atoms with van der Waals surface area (Å²) in [4.78, 5) is 10.2. The zero-order valence-electron chi connectivity index (χ0n) is 6.90. The summed E-state index contributed by atoms with van der Waals surface area (Å²) in [6.45, 7) is 0. The van der Waals surface area contributed by atoms with E-state index >= 15 is 0 Å². The summed E-state index contributed by atoms with van der Waals surface area (Å²) in [5.74, 6) is 0.291. The third-order valence-corrected chi connectivity index (χ3v) is 2.22. The molecule has 5 nitrogen and oxygen atoms in total. The van der Waals surface area contributed by atoms with E-state index in [2.05, 4.69) is 10.3 Å².